The largest absolute Gasteiger partial charge is 0.461 e. The Morgan fingerprint density at radius 3 is 0.962 bits per heavy atom. The van der Waals surface area contributed by atoms with Crippen LogP contribution in [0.1, 0.15) is 23.0 Å². The molecule has 0 aliphatic carbocycles. The zero-order valence-corrected chi connectivity index (χ0v) is 14.7. The minimum atomic E-state index is 0.428. The highest BCUT2D eigenvalue weighted by Crippen LogP contribution is 2.11. The van der Waals surface area contributed by atoms with Crippen LogP contribution in [0.4, 0.5) is 0 Å². The molecule has 6 nitrogen and oxygen atoms in total. The summed E-state index contributed by atoms with van der Waals surface area (Å²) in [4.78, 5) is 0. The fourth-order valence-corrected chi connectivity index (χ4v) is 2.34. The van der Waals surface area contributed by atoms with E-state index in [4.69, 9.17) is 27.8 Å². The highest BCUT2D eigenvalue weighted by molar-refractivity contribution is 5.06. The van der Waals surface area contributed by atoms with Gasteiger partial charge in [-0.25, -0.2) is 0 Å². The van der Waals surface area contributed by atoms with E-state index in [-0.39, 0.29) is 0 Å². The van der Waals surface area contributed by atoms with Crippen molar-refractivity contribution in [3.05, 3.63) is 71.6 Å². The third-order valence-electron chi connectivity index (χ3n) is 3.60. The summed E-state index contributed by atoms with van der Waals surface area (Å²) in [7, 11) is 0. The molecule has 0 fully saturated rings. The number of hydrogen-bond acceptors (Lipinski definition) is 6. The minimum Gasteiger partial charge on any atom is -0.461 e. The van der Waals surface area contributed by atoms with Crippen LogP contribution in [-0.2, 0) is 45.4 Å². The molecule has 0 unspecified atom stereocenters. The van der Waals surface area contributed by atoms with Crippen LogP contribution in [0.25, 0.3) is 0 Å². The molecule has 0 N–H and O–H groups in total. The average Bonchev–Trinajstić information content (AvgIpc) is 3.28. The lowest BCUT2D eigenvalue weighted by molar-refractivity contribution is 0.106. The molecule has 1 aliphatic heterocycles. The van der Waals surface area contributed by atoms with Gasteiger partial charge in [0.2, 0.25) is 0 Å². The fraction of sp³-hybridized carbons (Fsp3) is 0.400. The molecule has 0 atom stereocenters. The molecule has 3 heterocycles. The van der Waals surface area contributed by atoms with Gasteiger partial charge >= 0.3 is 0 Å². The smallest absolute Gasteiger partial charge is 0.130 e. The Morgan fingerprint density at radius 2 is 0.692 bits per heavy atom. The van der Waals surface area contributed by atoms with Crippen LogP contribution >= 0.6 is 0 Å². The number of fused-ring (bicyclic) bond motifs is 4. The highest BCUT2D eigenvalue weighted by Gasteiger charge is 2.03. The van der Waals surface area contributed by atoms with Gasteiger partial charge in [0.15, 0.2) is 0 Å². The van der Waals surface area contributed by atoms with Crippen LogP contribution in [-0.4, -0.2) is 26.4 Å². The molecule has 0 saturated heterocycles. The standard InChI is InChI=1S/C20H24O6/c1-2-10-22-14-18-7-8-20(26-18)16-24-12-4-3-11-23-15-19-6-5-17(25-19)13-21-9-1/h1-8H,9-16H2/b2-1-,4-3-. The molecule has 4 bridgehead atoms. The van der Waals surface area contributed by atoms with Crippen LogP contribution in [0.15, 0.2) is 57.4 Å². The second-order valence-electron chi connectivity index (χ2n) is 5.74. The lowest BCUT2D eigenvalue weighted by Crippen LogP contribution is -1.95. The molecule has 2 aromatic rings. The maximum atomic E-state index is 5.65. The molecule has 3 rings (SSSR count). The summed E-state index contributed by atoms with van der Waals surface area (Å²) >= 11 is 0. The Hall–Kier alpha value is -2.12. The predicted molar refractivity (Wildman–Crippen MR) is 94.3 cm³/mol. The topological polar surface area (TPSA) is 63.2 Å². The van der Waals surface area contributed by atoms with Gasteiger partial charge in [0.1, 0.15) is 49.5 Å². The van der Waals surface area contributed by atoms with E-state index in [2.05, 4.69) is 0 Å². The summed E-state index contributed by atoms with van der Waals surface area (Å²) < 4.78 is 33.5. The summed E-state index contributed by atoms with van der Waals surface area (Å²) in [6.45, 7) is 3.72. The molecule has 0 saturated carbocycles. The Labute approximate surface area is 153 Å². The lowest BCUT2D eigenvalue weighted by atomic mass is 10.4. The highest BCUT2D eigenvalue weighted by atomic mass is 16.5. The first-order chi connectivity index (χ1) is 12.9. The summed E-state index contributed by atoms with van der Waals surface area (Å²) in [6.07, 6.45) is 7.69. The van der Waals surface area contributed by atoms with Gasteiger partial charge in [0, 0.05) is 0 Å². The van der Waals surface area contributed by atoms with Gasteiger partial charge in [-0.1, -0.05) is 24.3 Å². The van der Waals surface area contributed by atoms with E-state index < -0.39 is 0 Å². The van der Waals surface area contributed by atoms with E-state index in [0.717, 1.165) is 23.0 Å². The zero-order chi connectivity index (χ0) is 17.9. The van der Waals surface area contributed by atoms with Crippen molar-refractivity contribution in [3.63, 3.8) is 0 Å². The van der Waals surface area contributed by atoms with Crippen molar-refractivity contribution >= 4 is 0 Å². The van der Waals surface area contributed by atoms with Crippen LogP contribution < -0.4 is 0 Å². The Morgan fingerprint density at radius 1 is 0.423 bits per heavy atom. The number of hydrogen-bond donors (Lipinski definition) is 0. The molecule has 0 radical (unpaired) electrons. The molecule has 26 heavy (non-hydrogen) atoms. The third-order valence-corrected chi connectivity index (χ3v) is 3.60. The summed E-state index contributed by atoms with van der Waals surface area (Å²) in [5.41, 5.74) is 0. The lowest BCUT2D eigenvalue weighted by Gasteiger charge is -2.01. The number of furan rings is 2. The summed E-state index contributed by atoms with van der Waals surface area (Å²) in [5, 5.41) is 0. The van der Waals surface area contributed by atoms with Crippen molar-refractivity contribution in [2.45, 2.75) is 26.4 Å². The Balaban J connectivity index is 1.50. The van der Waals surface area contributed by atoms with Crippen LogP contribution in [0.5, 0.6) is 0 Å². The van der Waals surface area contributed by atoms with Gasteiger partial charge in [0.25, 0.3) is 0 Å². The van der Waals surface area contributed by atoms with Crippen molar-refractivity contribution in [2.75, 3.05) is 26.4 Å². The Kier molecular flexibility index (Phi) is 7.74. The van der Waals surface area contributed by atoms with E-state index in [0.29, 0.717) is 52.9 Å². The second kappa shape index (κ2) is 10.8. The van der Waals surface area contributed by atoms with Crippen molar-refractivity contribution in [1.29, 1.82) is 0 Å². The minimum absolute atomic E-state index is 0.428. The monoisotopic (exact) mass is 360 g/mol. The predicted octanol–water partition coefficient (Wildman–Crippen LogP) is 3.77. The average molecular weight is 360 g/mol. The molecule has 1 aliphatic rings. The zero-order valence-electron chi connectivity index (χ0n) is 14.7. The third kappa shape index (κ3) is 6.65. The number of rotatable bonds is 0. The first-order valence-corrected chi connectivity index (χ1v) is 8.66. The van der Waals surface area contributed by atoms with Gasteiger partial charge in [-0.15, -0.1) is 0 Å². The SMILES string of the molecule is C1=C\COCc2ccc(o2)COC/C=C\COCc2ccc(o2)COC/1. The van der Waals surface area contributed by atoms with Gasteiger partial charge in [-0.2, -0.15) is 0 Å². The normalized spacial score (nSPS) is 20.6. The van der Waals surface area contributed by atoms with E-state index in [1.165, 1.54) is 0 Å². The summed E-state index contributed by atoms with van der Waals surface area (Å²) in [6, 6.07) is 7.62. The van der Waals surface area contributed by atoms with E-state index in [9.17, 15) is 0 Å². The van der Waals surface area contributed by atoms with Crippen LogP contribution in [0, 0.1) is 0 Å². The molecule has 6 heteroatoms. The van der Waals surface area contributed by atoms with E-state index >= 15 is 0 Å². The van der Waals surface area contributed by atoms with Gasteiger partial charge in [-0.05, 0) is 24.3 Å². The molecule has 0 amide bonds. The molecular weight excluding hydrogens is 336 g/mol. The molecule has 2 aromatic heterocycles. The maximum absolute atomic E-state index is 5.65. The maximum Gasteiger partial charge on any atom is 0.130 e. The fourth-order valence-electron chi connectivity index (χ4n) is 2.34. The van der Waals surface area contributed by atoms with Gasteiger partial charge in [-0.3, -0.25) is 0 Å². The van der Waals surface area contributed by atoms with Crippen molar-refractivity contribution in [1.82, 2.24) is 0 Å². The van der Waals surface area contributed by atoms with E-state index in [1.807, 2.05) is 48.6 Å². The van der Waals surface area contributed by atoms with Crippen molar-refractivity contribution in [3.8, 4) is 0 Å². The molecule has 0 aromatic carbocycles. The van der Waals surface area contributed by atoms with Gasteiger partial charge < -0.3 is 27.8 Å². The van der Waals surface area contributed by atoms with Crippen LogP contribution in [0.3, 0.4) is 0 Å². The first kappa shape index (κ1) is 18.7. The quantitative estimate of drug-likeness (QED) is 0.667. The second-order valence-corrected chi connectivity index (χ2v) is 5.74. The van der Waals surface area contributed by atoms with E-state index in [1.54, 1.807) is 0 Å². The summed E-state index contributed by atoms with van der Waals surface area (Å²) in [5.74, 6) is 3.14. The Bertz CT molecular complexity index is 583. The van der Waals surface area contributed by atoms with Crippen LogP contribution in [0.2, 0.25) is 0 Å². The van der Waals surface area contributed by atoms with Crippen molar-refractivity contribution in [2.24, 2.45) is 0 Å². The first-order valence-electron chi connectivity index (χ1n) is 8.66. The molecule has 0 spiro atoms. The van der Waals surface area contributed by atoms with Crippen molar-refractivity contribution < 1.29 is 27.8 Å². The molecule has 140 valence electrons. The number of ether oxygens (including phenoxy) is 4. The molecular formula is C20H24O6. The van der Waals surface area contributed by atoms with Gasteiger partial charge in [0.05, 0.1) is 26.4 Å².